The van der Waals surface area contributed by atoms with Crippen LogP contribution in [-0.4, -0.2) is 4.98 Å². The van der Waals surface area contributed by atoms with Crippen molar-refractivity contribution < 1.29 is 4.39 Å². The lowest BCUT2D eigenvalue weighted by Crippen LogP contribution is -1.90. The van der Waals surface area contributed by atoms with Crippen LogP contribution in [0.4, 0.5) is 4.39 Å². The largest absolute Gasteiger partial charge is 0.256 e. The summed E-state index contributed by atoms with van der Waals surface area (Å²) in [6.45, 7) is 0. The molecule has 0 aliphatic carbocycles. The van der Waals surface area contributed by atoms with Crippen LogP contribution in [0.3, 0.4) is 0 Å². The topological polar surface area (TPSA) is 36.7 Å². The maximum absolute atomic E-state index is 12.6. The monoisotopic (exact) mass is 214 g/mol. The molecule has 11 heavy (non-hydrogen) atoms. The number of aromatic nitrogens is 1. The molecule has 0 fully saturated rings. The van der Waals surface area contributed by atoms with Gasteiger partial charge >= 0.3 is 0 Å². The summed E-state index contributed by atoms with van der Waals surface area (Å²) in [6, 6.07) is 4.57. The van der Waals surface area contributed by atoms with Crippen molar-refractivity contribution in [2.24, 2.45) is 0 Å². The fourth-order valence-electron chi connectivity index (χ4n) is 0.603. The zero-order chi connectivity index (χ0) is 8.27. The first-order valence-corrected chi connectivity index (χ1v) is 3.68. The zero-order valence-electron chi connectivity index (χ0n) is 5.46. The highest BCUT2D eigenvalue weighted by atomic mass is 79.9. The Bertz CT molecular complexity index is 277. The van der Waals surface area contributed by atoms with Gasteiger partial charge in [0.25, 0.3) is 0 Å². The van der Waals surface area contributed by atoms with Gasteiger partial charge in [-0.05, 0) is 28.1 Å². The Hall–Kier alpha value is -0.950. The Morgan fingerprint density at radius 2 is 2.36 bits per heavy atom. The van der Waals surface area contributed by atoms with Crippen LogP contribution in [0.2, 0.25) is 0 Å². The van der Waals surface area contributed by atoms with Gasteiger partial charge < -0.3 is 0 Å². The SMILES string of the molecule is N#CC(F)c1ccc(Br)cn1. The fourth-order valence-corrected chi connectivity index (χ4v) is 0.838. The van der Waals surface area contributed by atoms with Gasteiger partial charge in [-0.1, -0.05) is 0 Å². The van der Waals surface area contributed by atoms with Crippen molar-refractivity contribution in [1.82, 2.24) is 4.98 Å². The number of hydrogen-bond acceptors (Lipinski definition) is 2. The minimum Gasteiger partial charge on any atom is -0.256 e. The van der Waals surface area contributed by atoms with E-state index in [-0.39, 0.29) is 5.69 Å². The van der Waals surface area contributed by atoms with Gasteiger partial charge in [0.05, 0.1) is 5.69 Å². The van der Waals surface area contributed by atoms with Gasteiger partial charge in [0.15, 0.2) is 0 Å². The molecule has 1 unspecified atom stereocenters. The lowest BCUT2D eigenvalue weighted by atomic mass is 10.3. The number of alkyl halides is 1. The maximum Gasteiger partial charge on any atom is 0.227 e. The predicted molar refractivity (Wildman–Crippen MR) is 41.4 cm³/mol. The van der Waals surface area contributed by atoms with Gasteiger partial charge in [-0.2, -0.15) is 5.26 Å². The van der Waals surface area contributed by atoms with Crippen LogP contribution in [-0.2, 0) is 0 Å². The van der Waals surface area contributed by atoms with Gasteiger partial charge in [-0.15, -0.1) is 0 Å². The summed E-state index contributed by atoms with van der Waals surface area (Å²) in [4.78, 5) is 3.70. The number of halogens is 2. The predicted octanol–water partition coefficient (Wildman–Crippen LogP) is 2.38. The minimum atomic E-state index is -1.62. The molecule has 1 atom stereocenters. The molecule has 0 saturated heterocycles. The third-order valence-corrected chi connectivity index (χ3v) is 1.59. The van der Waals surface area contributed by atoms with Crippen molar-refractivity contribution >= 4 is 15.9 Å². The van der Waals surface area contributed by atoms with Crippen molar-refractivity contribution in [2.75, 3.05) is 0 Å². The summed E-state index contributed by atoms with van der Waals surface area (Å²) >= 11 is 3.15. The average molecular weight is 215 g/mol. The molecule has 0 aromatic carbocycles. The van der Waals surface area contributed by atoms with Gasteiger partial charge in [0.2, 0.25) is 6.17 Å². The van der Waals surface area contributed by atoms with Crippen LogP contribution >= 0.6 is 15.9 Å². The van der Waals surface area contributed by atoms with Crippen LogP contribution in [0.15, 0.2) is 22.8 Å². The third-order valence-electron chi connectivity index (χ3n) is 1.12. The second-order valence-electron chi connectivity index (χ2n) is 1.89. The summed E-state index contributed by atoms with van der Waals surface area (Å²) < 4.78 is 13.3. The number of nitrogens with zero attached hydrogens (tertiary/aromatic N) is 2. The van der Waals surface area contributed by atoms with E-state index in [1.807, 2.05) is 0 Å². The second kappa shape index (κ2) is 3.44. The van der Waals surface area contributed by atoms with Gasteiger partial charge in [0.1, 0.15) is 6.07 Å². The minimum absolute atomic E-state index is 0.149. The smallest absolute Gasteiger partial charge is 0.227 e. The Morgan fingerprint density at radius 1 is 1.64 bits per heavy atom. The Morgan fingerprint density at radius 3 is 2.82 bits per heavy atom. The Kier molecular flexibility index (Phi) is 2.55. The van der Waals surface area contributed by atoms with E-state index in [4.69, 9.17) is 5.26 Å². The molecule has 1 rings (SSSR count). The molecule has 1 aromatic heterocycles. The lowest BCUT2D eigenvalue weighted by Gasteiger charge is -1.96. The van der Waals surface area contributed by atoms with Crippen LogP contribution in [0.5, 0.6) is 0 Å². The number of pyridine rings is 1. The Balaban J connectivity index is 2.92. The van der Waals surface area contributed by atoms with E-state index < -0.39 is 6.17 Å². The van der Waals surface area contributed by atoms with E-state index in [0.717, 1.165) is 4.47 Å². The highest BCUT2D eigenvalue weighted by molar-refractivity contribution is 9.10. The molecule has 0 bridgehead atoms. The molecule has 4 heteroatoms. The van der Waals surface area contributed by atoms with E-state index in [1.54, 1.807) is 6.07 Å². The van der Waals surface area contributed by atoms with Crippen molar-refractivity contribution in [1.29, 1.82) is 5.26 Å². The summed E-state index contributed by atoms with van der Waals surface area (Å²) in [5, 5.41) is 8.18. The molecule has 0 aliphatic heterocycles. The van der Waals surface area contributed by atoms with Gasteiger partial charge in [-0.3, -0.25) is 4.98 Å². The first-order valence-electron chi connectivity index (χ1n) is 2.89. The molecule has 2 nitrogen and oxygen atoms in total. The van der Waals surface area contributed by atoms with Crippen molar-refractivity contribution in [2.45, 2.75) is 6.17 Å². The van der Waals surface area contributed by atoms with Crippen molar-refractivity contribution in [3.05, 3.63) is 28.5 Å². The van der Waals surface area contributed by atoms with Crippen LogP contribution in [0.1, 0.15) is 11.9 Å². The summed E-state index contributed by atoms with van der Waals surface area (Å²) in [5.74, 6) is 0. The van der Waals surface area contributed by atoms with Crippen LogP contribution < -0.4 is 0 Å². The summed E-state index contributed by atoms with van der Waals surface area (Å²) in [7, 11) is 0. The molecule has 56 valence electrons. The standard InChI is InChI=1S/C7H4BrFN2/c8-5-1-2-7(11-4-5)6(9)3-10/h1-2,4,6H. The number of nitriles is 1. The van der Waals surface area contributed by atoms with E-state index in [2.05, 4.69) is 20.9 Å². The molecule has 1 heterocycles. The molecule has 0 spiro atoms. The first kappa shape index (κ1) is 8.15. The quantitative estimate of drug-likeness (QED) is 0.720. The highest BCUT2D eigenvalue weighted by Gasteiger charge is 2.07. The molecular formula is C7H4BrFN2. The molecule has 0 amide bonds. The molecular weight excluding hydrogens is 211 g/mol. The van der Waals surface area contributed by atoms with Crippen molar-refractivity contribution in [3.63, 3.8) is 0 Å². The lowest BCUT2D eigenvalue weighted by molar-refractivity contribution is 0.415. The number of rotatable bonds is 1. The fraction of sp³-hybridized carbons (Fsp3) is 0.143. The Labute approximate surface area is 71.8 Å². The first-order chi connectivity index (χ1) is 5.24. The van der Waals surface area contributed by atoms with E-state index in [0.29, 0.717) is 0 Å². The van der Waals surface area contributed by atoms with E-state index in [9.17, 15) is 4.39 Å². The average Bonchev–Trinajstić information content (AvgIpc) is 2.05. The molecule has 0 aliphatic rings. The summed E-state index contributed by atoms with van der Waals surface area (Å²) in [5.41, 5.74) is 0.149. The third kappa shape index (κ3) is 1.99. The van der Waals surface area contributed by atoms with Crippen molar-refractivity contribution in [3.8, 4) is 6.07 Å². The number of hydrogen-bond donors (Lipinski definition) is 0. The maximum atomic E-state index is 12.6. The van der Waals surface area contributed by atoms with Gasteiger partial charge in [-0.25, -0.2) is 4.39 Å². The van der Waals surface area contributed by atoms with Gasteiger partial charge in [0, 0.05) is 10.7 Å². The summed E-state index contributed by atoms with van der Waals surface area (Å²) in [6.07, 6.45) is -0.165. The zero-order valence-corrected chi connectivity index (χ0v) is 7.05. The molecule has 1 aromatic rings. The van der Waals surface area contributed by atoms with Crippen LogP contribution in [0.25, 0.3) is 0 Å². The highest BCUT2D eigenvalue weighted by Crippen LogP contribution is 2.15. The second-order valence-corrected chi connectivity index (χ2v) is 2.81. The van der Waals surface area contributed by atoms with Crippen LogP contribution in [0, 0.1) is 11.3 Å². The molecule has 0 radical (unpaired) electrons. The molecule has 0 N–H and O–H groups in total. The molecule has 0 saturated carbocycles. The van der Waals surface area contributed by atoms with E-state index in [1.165, 1.54) is 18.3 Å². The van der Waals surface area contributed by atoms with E-state index >= 15 is 0 Å². The normalized spacial score (nSPS) is 12.1.